The zero-order chi connectivity index (χ0) is 17.6. The summed E-state index contributed by atoms with van der Waals surface area (Å²) in [5.74, 6) is -0.219. The first-order chi connectivity index (χ1) is 12.2. The van der Waals surface area contributed by atoms with Gasteiger partial charge in [-0.25, -0.2) is 0 Å². The summed E-state index contributed by atoms with van der Waals surface area (Å²) in [6.07, 6.45) is 3.54. The molecule has 1 aromatic rings. The number of hydrogen-bond donors (Lipinski definition) is 1. The van der Waals surface area contributed by atoms with Gasteiger partial charge in [0.25, 0.3) is 5.91 Å². The molecule has 6 nitrogen and oxygen atoms in total. The quantitative estimate of drug-likeness (QED) is 0.796. The summed E-state index contributed by atoms with van der Waals surface area (Å²) in [7, 11) is 1.59. The molecule has 1 heterocycles. The van der Waals surface area contributed by atoms with Crippen molar-refractivity contribution >= 4 is 11.8 Å². The van der Waals surface area contributed by atoms with Crippen molar-refractivity contribution in [1.82, 2.24) is 10.2 Å². The van der Waals surface area contributed by atoms with Crippen LogP contribution in [0.15, 0.2) is 30.3 Å². The molecular formula is C19H26N2O4. The topological polar surface area (TPSA) is 67.9 Å². The predicted octanol–water partition coefficient (Wildman–Crippen LogP) is 1.66. The second-order valence-corrected chi connectivity index (χ2v) is 6.61. The minimum absolute atomic E-state index is 0.0262. The summed E-state index contributed by atoms with van der Waals surface area (Å²) < 4.78 is 10.7. The van der Waals surface area contributed by atoms with Crippen molar-refractivity contribution in [3.63, 3.8) is 0 Å². The minimum atomic E-state index is -0.697. The lowest BCUT2D eigenvalue weighted by Gasteiger charge is -2.43. The fourth-order valence-electron chi connectivity index (χ4n) is 3.82. The SMILES string of the molecule is COCCNC(=O)[C@@H]1OCC(=O)N(C2CCCC2)[C@H]1c1ccccc1. The number of nitrogens with zero attached hydrogens (tertiary/aromatic N) is 1. The van der Waals surface area contributed by atoms with Gasteiger partial charge in [-0.1, -0.05) is 43.2 Å². The predicted molar refractivity (Wildman–Crippen MR) is 92.9 cm³/mol. The molecule has 1 aromatic carbocycles. The number of hydrogen-bond acceptors (Lipinski definition) is 4. The van der Waals surface area contributed by atoms with Gasteiger partial charge in [0, 0.05) is 19.7 Å². The van der Waals surface area contributed by atoms with Crippen LogP contribution in [0, 0.1) is 0 Å². The van der Waals surface area contributed by atoms with E-state index in [2.05, 4.69) is 5.32 Å². The lowest BCUT2D eigenvalue weighted by molar-refractivity contribution is -0.168. The fraction of sp³-hybridized carbons (Fsp3) is 0.579. The van der Waals surface area contributed by atoms with Gasteiger partial charge in [0.2, 0.25) is 5.91 Å². The number of methoxy groups -OCH3 is 1. The number of rotatable bonds is 6. The molecule has 2 fully saturated rings. The van der Waals surface area contributed by atoms with E-state index in [1.54, 1.807) is 7.11 Å². The molecule has 2 aliphatic rings. The molecule has 1 aliphatic carbocycles. The zero-order valence-electron chi connectivity index (χ0n) is 14.6. The highest BCUT2D eigenvalue weighted by atomic mass is 16.5. The Labute approximate surface area is 148 Å². The lowest BCUT2D eigenvalue weighted by atomic mass is 9.95. The van der Waals surface area contributed by atoms with E-state index in [9.17, 15) is 9.59 Å². The van der Waals surface area contributed by atoms with Gasteiger partial charge in [-0.3, -0.25) is 9.59 Å². The van der Waals surface area contributed by atoms with E-state index in [-0.39, 0.29) is 30.5 Å². The molecule has 1 saturated carbocycles. The van der Waals surface area contributed by atoms with Crippen molar-refractivity contribution in [3.8, 4) is 0 Å². The molecule has 2 amide bonds. The Hall–Kier alpha value is -1.92. The number of carbonyl (C=O) groups excluding carboxylic acids is 2. The Kier molecular flexibility index (Phi) is 6.04. The molecule has 0 spiro atoms. The molecule has 2 atom stereocenters. The lowest BCUT2D eigenvalue weighted by Crippen LogP contribution is -2.57. The van der Waals surface area contributed by atoms with Gasteiger partial charge < -0.3 is 19.7 Å². The summed E-state index contributed by atoms with van der Waals surface area (Å²) in [6, 6.07) is 9.53. The maximum absolute atomic E-state index is 12.7. The molecular weight excluding hydrogens is 320 g/mol. The van der Waals surface area contributed by atoms with E-state index in [1.807, 2.05) is 35.2 Å². The largest absolute Gasteiger partial charge is 0.383 e. The molecule has 3 rings (SSSR count). The van der Waals surface area contributed by atoms with Crippen molar-refractivity contribution in [2.75, 3.05) is 26.9 Å². The van der Waals surface area contributed by atoms with Crippen LogP contribution in [-0.4, -0.2) is 55.7 Å². The van der Waals surface area contributed by atoms with Crippen molar-refractivity contribution in [2.45, 2.75) is 43.9 Å². The van der Waals surface area contributed by atoms with Gasteiger partial charge in [-0.05, 0) is 18.4 Å². The van der Waals surface area contributed by atoms with Crippen molar-refractivity contribution in [3.05, 3.63) is 35.9 Å². The first-order valence-electron chi connectivity index (χ1n) is 8.96. The van der Waals surface area contributed by atoms with Gasteiger partial charge in [0.05, 0.1) is 12.6 Å². The van der Waals surface area contributed by atoms with Gasteiger partial charge in [0.1, 0.15) is 6.61 Å². The van der Waals surface area contributed by atoms with Crippen LogP contribution in [0.1, 0.15) is 37.3 Å². The van der Waals surface area contributed by atoms with E-state index in [4.69, 9.17) is 9.47 Å². The Balaban J connectivity index is 1.87. The maximum Gasteiger partial charge on any atom is 0.251 e. The van der Waals surface area contributed by atoms with Crippen LogP contribution in [0.3, 0.4) is 0 Å². The van der Waals surface area contributed by atoms with Crippen molar-refractivity contribution < 1.29 is 19.1 Å². The smallest absolute Gasteiger partial charge is 0.251 e. The first kappa shape index (κ1) is 17.9. The number of nitrogens with one attached hydrogen (secondary N) is 1. The molecule has 0 unspecified atom stereocenters. The molecule has 0 aromatic heterocycles. The van der Waals surface area contributed by atoms with Crippen LogP contribution >= 0.6 is 0 Å². The van der Waals surface area contributed by atoms with E-state index >= 15 is 0 Å². The van der Waals surface area contributed by atoms with E-state index < -0.39 is 6.10 Å². The second kappa shape index (κ2) is 8.45. The van der Waals surface area contributed by atoms with Crippen molar-refractivity contribution in [1.29, 1.82) is 0 Å². The van der Waals surface area contributed by atoms with Gasteiger partial charge in [-0.2, -0.15) is 0 Å². The molecule has 25 heavy (non-hydrogen) atoms. The average Bonchev–Trinajstić information content (AvgIpc) is 3.16. The average molecular weight is 346 g/mol. The summed E-state index contributed by atoms with van der Waals surface area (Å²) in [5.41, 5.74) is 0.939. The molecule has 136 valence electrons. The Bertz CT molecular complexity index is 586. The molecule has 1 N–H and O–H groups in total. The maximum atomic E-state index is 12.7. The van der Waals surface area contributed by atoms with Gasteiger partial charge in [0.15, 0.2) is 6.10 Å². The summed E-state index contributed by atoms with van der Waals surface area (Å²) in [6.45, 7) is 0.829. The Morgan fingerprint density at radius 1 is 1.28 bits per heavy atom. The third kappa shape index (κ3) is 4.02. The zero-order valence-corrected chi connectivity index (χ0v) is 14.6. The Morgan fingerprint density at radius 2 is 2.00 bits per heavy atom. The number of benzene rings is 1. The van der Waals surface area contributed by atoms with Gasteiger partial charge >= 0.3 is 0 Å². The number of ether oxygens (including phenoxy) is 2. The normalized spacial score (nSPS) is 24.5. The van der Waals surface area contributed by atoms with Crippen molar-refractivity contribution in [2.24, 2.45) is 0 Å². The van der Waals surface area contributed by atoms with E-state index in [0.29, 0.717) is 13.2 Å². The standard InChI is InChI=1S/C19H26N2O4/c1-24-12-11-20-19(23)18-17(14-7-3-2-4-8-14)21(16(22)13-25-18)15-9-5-6-10-15/h2-4,7-8,15,17-18H,5-6,9-13H2,1H3,(H,20,23)/t17-,18+/m0/s1. The monoisotopic (exact) mass is 346 g/mol. The first-order valence-corrected chi connectivity index (χ1v) is 8.96. The van der Waals surface area contributed by atoms with Crippen LogP contribution in [0.25, 0.3) is 0 Å². The van der Waals surface area contributed by atoms with Crippen LogP contribution in [0.5, 0.6) is 0 Å². The molecule has 0 bridgehead atoms. The molecule has 6 heteroatoms. The summed E-state index contributed by atoms with van der Waals surface area (Å²) in [5, 5.41) is 2.85. The fourth-order valence-corrected chi connectivity index (χ4v) is 3.82. The molecule has 0 radical (unpaired) electrons. The van der Waals surface area contributed by atoms with Crippen LogP contribution in [-0.2, 0) is 19.1 Å². The highest BCUT2D eigenvalue weighted by Crippen LogP contribution is 2.36. The van der Waals surface area contributed by atoms with Crippen LogP contribution < -0.4 is 5.32 Å². The highest BCUT2D eigenvalue weighted by Gasteiger charge is 2.44. The van der Waals surface area contributed by atoms with E-state index in [0.717, 1.165) is 31.2 Å². The number of amides is 2. The highest BCUT2D eigenvalue weighted by molar-refractivity contribution is 5.86. The Morgan fingerprint density at radius 3 is 2.68 bits per heavy atom. The van der Waals surface area contributed by atoms with Crippen LogP contribution in [0.2, 0.25) is 0 Å². The van der Waals surface area contributed by atoms with E-state index in [1.165, 1.54) is 0 Å². The second-order valence-electron chi connectivity index (χ2n) is 6.61. The summed E-state index contributed by atoms with van der Waals surface area (Å²) in [4.78, 5) is 27.2. The summed E-state index contributed by atoms with van der Waals surface area (Å²) >= 11 is 0. The van der Waals surface area contributed by atoms with Gasteiger partial charge in [-0.15, -0.1) is 0 Å². The number of carbonyl (C=O) groups is 2. The number of morpholine rings is 1. The molecule has 1 saturated heterocycles. The third-order valence-electron chi connectivity index (χ3n) is 4.98. The third-order valence-corrected chi connectivity index (χ3v) is 4.98. The molecule has 1 aliphatic heterocycles. The van der Waals surface area contributed by atoms with Crippen LogP contribution in [0.4, 0.5) is 0 Å². The minimum Gasteiger partial charge on any atom is -0.383 e.